The fraction of sp³-hybridized carbons (Fsp3) is 0.200. The van der Waals surface area contributed by atoms with E-state index >= 15 is 0 Å². The molecule has 2 aromatic carbocycles. The maximum absolute atomic E-state index is 12.8. The molecule has 1 aliphatic rings. The fourth-order valence-corrected chi connectivity index (χ4v) is 3.26. The highest BCUT2D eigenvalue weighted by Crippen LogP contribution is 2.23. The predicted octanol–water partition coefficient (Wildman–Crippen LogP) is 3.36. The van der Waals surface area contributed by atoms with Crippen molar-refractivity contribution >= 4 is 28.5 Å². The van der Waals surface area contributed by atoms with Gasteiger partial charge in [0.15, 0.2) is 0 Å². The van der Waals surface area contributed by atoms with Crippen LogP contribution in [0.15, 0.2) is 65.3 Å². The molecule has 5 nitrogen and oxygen atoms in total. The van der Waals surface area contributed by atoms with Crippen molar-refractivity contribution < 1.29 is 14.0 Å². The SMILES string of the molecule is O=C(NC1CCCN(c2ccccc2)C1=O)c1coc2ccccc12. The minimum absolute atomic E-state index is 0.0707. The van der Waals surface area contributed by atoms with Crippen LogP contribution in [0.1, 0.15) is 23.2 Å². The first-order valence-electron chi connectivity index (χ1n) is 8.37. The number of anilines is 1. The number of carbonyl (C=O) groups is 2. The van der Waals surface area contributed by atoms with Crippen LogP contribution in [0, 0.1) is 0 Å². The summed E-state index contributed by atoms with van der Waals surface area (Å²) in [6, 6.07) is 16.4. The molecule has 1 fully saturated rings. The summed E-state index contributed by atoms with van der Waals surface area (Å²) in [4.78, 5) is 27.2. The van der Waals surface area contributed by atoms with Gasteiger partial charge in [-0.05, 0) is 31.0 Å². The highest BCUT2D eigenvalue weighted by atomic mass is 16.3. The van der Waals surface area contributed by atoms with E-state index in [9.17, 15) is 9.59 Å². The van der Waals surface area contributed by atoms with Gasteiger partial charge in [0, 0.05) is 17.6 Å². The smallest absolute Gasteiger partial charge is 0.255 e. The Labute approximate surface area is 145 Å². The third kappa shape index (κ3) is 2.89. The summed E-state index contributed by atoms with van der Waals surface area (Å²) in [5.41, 5.74) is 1.98. The van der Waals surface area contributed by atoms with Gasteiger partial charge in [-0.15, -0.1) is 0 Å². The molecule has 1 aromatic heterocycles. The van der Waals surface area contributed by atoms with Gasteiger partial charge in [-0.1, -0.05) is 36.4 Å². The zero-order valence-corrected chi connectivity index (χ0v) is 13.6. The fourth-order valence-electron chi connectivity index (χ4n) is 3.26. The molecule has 0 saturated carbocycles. The van der Waals surface area contributed by atoms with E-state index in [-0.39, 0.29) is 11.8 Å². The average molecular weight is 334 g/mol. The third-order valence-electron chi connectivity index (χ3n) is 4.54. The Morgan fingerprint density at radius 1 is 1.08 bits per heavy atom. The lowest BCUT2D eigenvalue weighted by molar-refractivity contribution is -0.121. The Hall–Kier alpha value is -3.08. The largest absolute Gasteiger partial charge is 0.463 e. The Bertz CT molecular complexity index is 917. The van der Waals surface area contributed by atoms with Crippen molar-refractivity contribution in [2.24, 2.45) is 0 Å². The zero-order chi connectivity index (χ0) is 17.2. The van der Waals surface area contributed by atoms with Gasteiger partial charge >= 0.3 is 0 Å². The van der Waals surface area contributed by atoms with E-state index in [1.165, 1.54) is 6.26 Å². The lowest BCUT2D eigenvalue weighted by Gasteiger charge is -2.32. The van der Waals surface area contributed by atoms with Crippen LogP contribution in [0.5, 0.6) is 0 Å². The van der Waals surface area contributed by atoms with E-state index in [0.29, 0.717) is 24.1 Å². The van der Waals surface area contributed by atoms with E-state index in [0.717, 1.165) is 17.5 Å². The molecule has 25 heavy (non-hydrogen) atoms. The number of benzene rings is 2. The molecule has 1 saturated heterocycles. The second-order valence-corrected chi connectivity index (χ2v) is 6.14. The molecule has 4 rings (SSSR count). The molecule has 0 aliphatic carbocycles. The van der Waals surface area contributed by atoms with Crippen molar-refractivity contribution in [2.75, 3.05) is 11.4 Å². The zero-order valence-electron chi connectivity index (χ0n) is 13.6. The monoisotopic (exact) mass is 334 g/mol. The molecule has 0 bridgehead atoms. The van der Waals surface area contributed by atoms with E-state index in [2.05, 4.69) is 5.32 Å². The first-order valence-corrected chi connectivity index (χ1v) is 8.37. The number of para-hydroxylation sites is 2. The Kier molecular flexibility index (Phi) is 3.98. The number of nitrogens with one attached hydrogen (secondary N) is 1. The van der Waals surface area contributed by atoms with E-state index in [1.54, 1.807) is 4.90 Å². The lowest BCUT2D eigenvalue weighted by Crippen LogP contribution is -2.52. The van der Waals surface area contributed by atoms with Crippen molar-refractivity contribution in [2.45, 2.75) is 18.9 Å². The van der Waals surface area contributed by atoms with Gasteiger partial charge < -0.3 is 14.6 Å². The normalized spacial score (nSPS) is 17.7. The van der Waals surface area contributed by atoms with Crippen LogP contribution in [-0.2, 0) is 4.79 Å². The molecule has 1 unspecified atom stereocenters. The topological polar surface area (TPSA) is 62.6 Å². The first-order chi connectivity index (χ1) is 12.2. The number of hydrogen-bond acceptors (Lipinski definition) is 3. The molecule has 0 spiro atoms. The van der Waals surface area contributed by atoms with Crippen LogP contribution in [0.2, 0.25) is 0 Å². The summed E-state index contributed by atoms with van der Waals surface area (Å²) >= 11 is 0. The number of hydrogen-bond donors (Lipinski definition) is 1. The first kappa shape index (κ1) is 15.4. The van der Waals surface area contributed by atoms with Gasteiger partial charge in [0.05, 0.1) is 5.56 Å². The van der Waals surface area contributed by atoms with Crippen LogP contribution >= 0.6 is 0 Å². The number of amides is 2. The molecule has 1 atom stereocenters. The van der Waals surface area contributed by atoms with Crippen LogP contribution in [0.3, 0.4) is 0 Å². The molecular weight excluding hydrogens is 316 g/mol. The van der Waals surface area contributed by atoms with Gasteiger partial charge in [0.1, 0.15) is 17.9 Å². The Morgan fingerprint density at radius 3 is 2.68 bits per heavy atom. The van der Waals surface area contributed by atoms with Gasteiger partial charge in [0.25, 0.3) is 5.91 Å². The molecule has 2 amide bonds. The quantitative estimate of drug-likeness (QED) is 0.799. The molecule has 0 radical (unpaired) electrons. The Balaban J connectivity index is 1.54. The molecule has 3 aromatic rings. The molecule has 1 aliphatic heterocycles. The number of furan rings is 1. The van der Waals surface area contributed by atoms with Crippen molar-refractivity contribution in [1.82, 2.24) is 5.32 Å². The number of nitrogens with zero attached hydrogens (tertiary/aromatic N) is 1. The second kappa shape index (κ2) is 6.43. The van der Waals surface area contributed by atoms with Gasteiger partial charge in [-0.3, -0.25) is 9.59 Å². The highest BCUT2D eigenvalue weighted by Gasteiger charge is 2.31. The number of fused-ring (bicyclic) bond motifs is 1. The van der Waals surface area contributed by atoms with E-state index in [4.69, 9.17) is 4.42 Å². The summed E-state index contributed by atoms with van der Waals surface area (Å²) in [5, 5.41) is 3.63. The van der Waals surface area contributed by atoms with Crippen molar-refractivity contribution in [1.29, 1.82) is 0 Å². The predicted molar refractivity (Wildman–Crippen MR) is 95.5 cm³/mol. The summed E-state index contributed by atoms with van der Waals surface area (Å²) in [7, 11) is 0. The summed E-state index contributed by atoms with van der Waals surface area (Å²) in [6.45, 7) is 0.670. The number of carbonyl (C=O) groups excluding carboxylic acids is 2. The van der Waals surface area contributed by atoms with E-state index < -0.39 is 6.04 Å². The average Bonchev–Trinajstić information content (AvgIpc) is 3.08. The van der Waals surface area contributed by atoms with Crippen molar-refractivity contribution in [3.63, 3.8) is 0 Å². The molecule has 2 heterocycles. The molecule has 1 N–H and O–H groups in total. The van der Waals surface area contributed by atoms with Crippen LogP contribution < -0.4 is 10.2 Å². The molecular formula is C20H18N2O3. The minimum Gasteiger partial charge on any atom is -0.463 e. The second-order valence-electron chi connectivity index (χ2n) is 6.14. The number of rotatable bonds is 3. The van der Waals surface area contributed by atoms with Crippen LogP contribution in [0.4, 0.5) is 5.69 Å². The van der Waals surface area contributed by atoms with Crippen LogP contribution in [-0.4, -0.2) is 24.4 Å². The lowest BCUT2D eigenvalue weighted by atomic mass is 10.0. The maximum Gasteiger partial charge on any atom is 0.255 e. The minimum atomic E-state index is -0.518. The molecule has 5 heteroatoms. The standard InChI is InChI=1S/C20H18N2O3/c23-19(16-13-25-18-11-5-4-9-15(16)18)21-17-10-6-12-22(20(17)24)14-7-2-1-3-8-14/h1-5,7-9,11,13,17H,6,10,12H2,(H,21,23). The van der Waals surface area contributed by atoms with Crippen molar-refractivity contribution in [3.8, 4) is 0 Å². The molecule has 126 valence electrons. The highest BCUT2D eigenvalue weighted by molar-refractivity contribution is 6.08. The van der Waals surface area contributed by atoms with Gasteiger partial charge in [-0.25, -0.2) is 0 Å². The van der Waals surface area contributed by atoms with E-state index in [1.807, 2.05) is 54.6 Å². The van der Waals surface area contributed by atoms with Gasteiger partial charge in [0.2, 0.25) is 5.91 Å². The van der Waals surface area contributed by atoms with Crippen LogP contribution in [0.25, 0.3) is 11.0 Å². The Morgan fingerprint density at radius 2 is 1.84 bits per heavy atom. The van der Waals surface area contributed by atoms with Gasteiger partial charge in [-0.2, -0.15) is 0 Å². The summed E-state index contributed by atoms with van der Waals surface area (Å²) < 4.78 is 5.42. The third-order valence-corrected chi connectivity index (χ3v) is 4.54. The summed E-state index contributed by atoms with van der Waals surface area (Å²) in [5.74, 6) is -0.350. The van der Waals surface area contributed by atoms with Crippen molar-refractivity contribution in [3.05, 3.63) is 66.4 Å². The maximum atomic E-state index is 12.8. The summed E-state index contributed by atoms with van der Waals surface area (Å²) in [6.07, 6.45) is 2.93. The number of piperidine rings is 1.